The SMILES string of the molecule is COc1ccc(C(=O)NC(C)CO)cn1. The molecule has 0 radical (unpaired) electrons. The number of hydrogen-bond donors (Lipinski definition) is 2. The molecule has 1 amide bonds. The van der Waals surface area contributed by atoms with Crippen molar-refractivity contribution in [2.45, 2.75) is 13.0 Å². The van der Waals surface area contributed by atoms with Gasteiger partial charge < -0.3 is 15.2 Å². The van der Waals surface area contributed by atoms with Gasteiger partial charge in [0.1, 0.15) is 0 Å². The number of carbonyl (C=O) groups is 1. The van der Waals surface area contributed by atoms with Gasteiger partial charge in [-0.05, 0) is 13.0 Å². The summed E-state index contributed by atoms with van der Waals surface area (Å²) in [5.41, 5.74) is 0.441. The second-order valence-corrected chi connectivity index (χ2v) is 3.15. The molecule has 0 saturated carbocycles. The number of rotatable bonds is 4. The molecule has 1 atom stereocenters. The maximum absolute atomic E-state index is 11.5. The lowest BCUT2D eigenvalue weighted by Gasteiger charge is -2.10. The molecule has 0 aliphatic carbocycles. The zero-order chi connectivity index (χ0) is 11.3. The Hall–Kier alpha value is -1.62. The standard InChI is InChI=1S/C10H14N2O3/c1-7(6-13)12-10(14)8-3-4-9(15-2)11-5-8/h3-5,7,13H,6H2,1-2H3,(H,12,14). The molecule has 0 spiro atoms. The monoisotopic (exact) mass is 210 g/mol. The highest BCUT2D eigenvalue weighted by Gasteiger charge is 2.09. The first-order valence-corrected chi connectivity index (χ1v) is 4.59. The first-order chi connectivity index (χ1) is 7.17. The van der Waals surface area contributed by atoms with Crippen molar-refractivity contribution in [2.24, 2.45) is 0 Å². The van der Waals surface area contributed by atoms with Gasteiger partial charge in [0.25, 0.3) is 5.91 Å². The normalized spacial score (nSPS) is 11.9. The third-order valence-corrected chi connectivity index (χ3v) is 1.86. The highest BCUT2D eigenvalue weighted by molar-refractivity contribution is 5.94. The lowest BCUT2D eigenvalue weighted by Crippen LogP contribution is -2.35. The van der Waals surface area contributed by atoms with E-state index in [0.29, 0.717) is 11.4 Å². The molecule has 0 fully saturated rings. The van der Waals surface area contributed by atoms with Crippen LogP contribution >= 0.6 is 0 Å². The number of amides is 1. The van der Waals surface area contributed by atoms with Crippen molar-refractivity contribution >= 4 is 5.91 Å². The second-order valence-electron chi connectivity index (χ2n) is 3.15. The summed E-state index contributed by atoms with van der Waals surface area (Å²) in [6.45, 7) is 1.63. The Balaban J connectivity index is 2.66. The minimum atomic E-state index is -0.264. The van der Waals surface area contributed by atoms with Gasteiger partial charge in [0, 0.05) is 18.3 Å². The number of aliphatic hydroxyl groups excluding tert-OH is 1. The fraction of sp³-hybridized carbons (Fsp3) is 0.400. The molecule has 15 heavy (non-hydrogen) atoms. The average Bonchev–Trinajstić information content (AvgIpc) is 2.29. The molecule has 5 heteroatoms. The fourth-order valence-electron chi connectivity index (χ4n) is 0.988. The smallest absolute Gasteiger partial charge is 0.253 e. The Bertz CT molecular complexity index is 324. The number of hydrogen-bond acceptors (Lipinski definition) is 4. The van der Waals surface area contributed by atoms with Gasteiger partial charge >= 0.3 is 0 Å². The van der Waals surface area contributed by atoms with E-state index >= 15 is 0 Å². The van der Waals surface area contributed by atoms with Gasteiger partial charge in [0.15, 0.2) is 0 Å². The van der Waals surface area contributed by atoms with Crippen molar-refractivity contribution in [3.8, 4) is 5.88 Å². The number of ether oxygens (including phenoxy) is 1. The van der Waals surface area contributed by atoms with Crippen LogP contribution in [0, 0.1) is 0 Å². The molecule has 1 unspecified atom stereocenters. The molecule has 0 aliphatic heterocycles. The van der Waals surface area contributed by atoms with E-state index in [2.05, 4.69) is 10.3 Å². The highest BCUT2D eigenvalue weighted by atomic mass is 16.5. The number of aromatic nitrogens is 1. The molecule has 1 rings (SSSR count). The van der Waals surface area contributed by atoms with Crippen molar-refractivity contribution in [3.05, 3.63) is 23.9 Å². The Labute approximate surface area is 88.1 Å². The van der Waals surface area contributed by atoms with E-state index in [1.165, 1.54) is 13.3 Å². The quantitative estimate of drug-likeness (QED) is 0.744. The van der Waals surface area contributed by atoms with Gasteiger partial charge in [-0.25, -0.2) is 4.98 Å². The van der Waals surface area contributed by atoms with Gasteiger partial charge in [0.2, 0.25) is 5.88 Å². The third-order valence-electron chi connectivity index (χ3n) is 1.86. The number of pyridine rings is 1. The minimum Gasteiger partial charge on any atom is -0.481 e. The summed E-state index contributed by atoms with van der Waals surface area (Å²) in [4.78, 5) is 15.4. The van der Waals surface area contributed by atoms with Gasteiger partial charge in [-0.15, -0.1) is 0 Å². The van der Waals surface area contributed by atoms with Crippen molar-refractivity contribution in [1.82, 2.24) is 10.3 Å². The lowest BCUT2D eigenvalue weighted by molar-refractivity contribution is 0.0922. The van der Waals surface area contributed by atoms with Gasteiger partial charge in [-0.2, -0.15) is 0 Å². The van der Waals surface area contributed by atoms with E-state index in [4.69, 9.17) is 9.84 Å². The third kappa shape index (κ3) is 3.21. The second kappa shape index (κ2) is 5.31. The Morgan fingerprint density at radius 2 is 2.40 bits per heavy atom. The van der Waals surface area contributed by atoms with Crippen LogP contribution in [0.2, 0.25) is 0 Å². The summed E-state index contributed by atoms with van der Waals surface area (Å²) in [6.07, 6.45) is 1.43. The molecule has 5 nitrogen and oxygen atoms in total. The molecule has 0 aliphatic rings. The summed E-state index contributed by atoms with van der Waals surface area (Å²) in [5.74, 6) is 0.202. The van der Waals surface area contributed by atoms with E-state index in [1.54, 1.807) is 19.1 Å². The molecular formula is C10H14N2O3. The molecule has 2 N–H and O–H groups in total. The number of carbonyl (C=O) groups excluding carboxylic acids is 1. The molecule has 0 aromatic carbocycles. The van der Waals surface area contributed by atoms with Crippen LogP contribution in [0.5, 0.6) is 5.88 Å². The van der Waals surface area contributed by atoms with Crippen LogP contribution in [-0.2, 0) is 0 Å². The summed E-state index contributed by atoms with van der Waals surface area (Å²) < 4.78 is 4.87. The fourth-order valence-corrected chi connectivity index (χ4v) is 0.988. The number of methoxy groups -OCH3 is 1. The summed E-state index contributed by atoms with van der Waals surface area (Å²) in [7, 11) is 1.51. The van der Waals surface area contributed by atoms with Crippen molar-refractivity contribution in [1.29, 1.82) is 0 Å². The van der Waals surface area contributed by atoms with Crippen LogP contribution < -0.4 is 10.1 Å². The minimum absolute atomic E-state index is 0.0880. The van der Waals surface area contributed by atoms with Crippen LogP contribution in [0.25, 0.3) is 0 Å². The Kier molecular flexibility index (Phi) is 4.05. The summed E-state index contributed by atoms with van der Waals surface area (Å²) in [5, 5.41) is 11.4. The van der Waals surface area contributed by atoms with Crippen LogP contribution in [0.4, 0.5) is 0 Å². The Morgan fingerprint density at radius 1 is 1.67 bits per heavy atom. The van der Waals surface area contributed by atoms with Crippen molar-refractivity contribution in [3.63, 3.8) is 0 Å². The number of nitrogens with one attached hydrogen (secondary N) is 1. The molecule has 1 aromatic heterocycles. The first kappa shape index (κ1) is 11.5. The van der Waals surface area contributed by atoms with Gasteiger partial charge in [-0.1, -0.05) is 0 Å². The predicted molar refractivity (Wildman–Crippen MR) is 54.8 cm³/mol. The summed E-state index contributed by atoms with van der Waals surface area (Å²) >= 11 is 0. The van der Waals surface area contributed by atoms with Crippen molar-refractivity contribution < 1.29 is 14.6 Å². The largest absolute Gasteiger partial charge is 0.481 e. The van der Waals surface area contributed by atoms with Crippen molar-refractivity contribution in [2.75, 3.05) is 13.7 Å². The molecule has 0 saturated heterocycles. The zero-order valence-electron chi connectivity index (χ0n) is 8.73. The van der Waals surface area contributed by atoms with E-state index in [9.17, 15) is 4.79 Å². The highest BCUT2D eigenvalue weighted by Crippen LogP contribution is 2.06. The molecule has 1 heterocycles. The number of nitrogens with zero attached hydrogens (tertiary/aromatic N) is 1. The van der Waals surface area contributed by atoms with E-state index in [-0.39, 0.29) is 18.6 Å². The maximum atomic E-state index is 11.5. The van der Waals surface area contributed by atoms with E-state index < -0.39 is 0 Å². The van der Waals surface area contributed by atoms with E-state index in [0.717, 1.165) is 0 Å². The van der Waals surface area contributed by atoms with Crippen LogP contribution in [0.1, 0.15) is 17.3 Å². The molecular weight excluding hydrogens is 196 g/mol. The van der Waals surface area contributed by atoms with Crippen LogP contribution in [0.15, 0.2) is 18.3 Å². The molecule has 82 valence electrons. The lowest BCUT2D eigenvalue weighted by atomic mass is 10.2. The first-order valence-electron chi connectivity index (χ1n) is 4.59. The van der Waals surface area contributed by atoms with Gasteiger partial charge in [-0.3, -0.25) is 4.79 Å². The molecule has 1 aromatic rings. The van der Waals surface area contributed by atoms with Gasteiger partial charge in [0.05, 0.1) is 19.3 Å². The van der Waals surface area contributed by atoms with Crippen LogP contribution in [0.3, 0.4) is 0 Å². The zero-order valence-corrected chi connectivity index (χ0v) is 8.73. The Morgan fingerprint density at radius 3 is 2.87 bits per heavy atom. The molecule has 0 bridgehead atoms. The average molecular weight is 210 g/mol. The topological polar surface area (TPSA) is 71.5 Å². The van der Waals surface area contributed by atoms with Crippen LogP contribution in [-0.4, -0.2) is 35.8 Å². The predicted octanol–water partition coefficient (Wildman–Crippen LogP) is 0.201. The maximum Gasteiger partial charge on any atom is 0.253 e. The van der Waals surface area contributed by atoms with E-state index in [1.807, 2.05) is 0 Å². The summed E-state index contributed by atoms with van der Waals surface area (Å²) in [6, 6.07) is 2.96. The number of aliphatic hydroxyl groups is 1.